The highest BCUT2D eigenvalue weighted by molar-refractivity contribution is 8.01. The first-order valence-electron chi connectivity index (χ1n) is 5.32. The van der Waals surface area contributed by atoms with Crippen LogP contribution in [0.3, 0.4) is 0 Å². The van der Waals surface area contributed by atoms with E-state index in [-0.39, 0.29) is 11.7 Å². The molecule has 0 bridgehead atoms. The Morgan fingerprint density at radius 2 is 2.32 bits per heavy atom. The maximum absolute atomic E-state index is 11.8. The number of thioether (sulfide) groups is 1. The zero-order valence-electron chi connectivity index (χ0n) is 10.0. The quantitative estimate of drug-likeness (QED) is 0.848. The number of carbonyl (C=O) groups excluding carboxylic acids is 1. The fourth-order valence-electron chi connectivity index (χ4n) is 1.33. The lowest BCUT2D eigenvalue weighted by molar-refractivity contribution is -0.113. The molecule has 19 heavy (non-hydrogen) atoms. The number of carbonyl (C=O) groups is 1. The Hall–Kier alpha value is -1.31. The summed E-state index contributed by atoms with van der Waals surface area (Å²) in [5.74, 6) is 0.0881. The number of aryl methyl sites for hydroxylation is 1. The molecule has 0 fully saturated rings. The molecular weight excluding hydrogens is 304 g/mol. The van der Waals surface area contributed by atoms with Gasteiger partial charge in [0.25, 0.3) is 0 Å². The fraction of sp³-hybridized carbons (Fsp3) is 0.182. The van der Waals surface area contributed by atoms with Crippen molar-refractivity contribution in [2.45, 2.75) is 11.3 Å². The molecule has 8 heteroatoms. The molecule has 0 unspecified atom stereocenters. The first-order valence-corrected chi connectivity index (χ1v) is 7.50. The first-order chi connectivity index (χ1) is 9.04. The molecule has 2 aromatic rings. The largest absolute Gasteiger partial charge is 0.374 e. The number of halogens is 1. The normalized spacial score (nSPS) is 10.4. The van der Waals surface area contributed by atoms with Crippen LogP contribution in [0.2, 0.25) is 5.02 Å². The Morgan fingerprint density at radius 1 is 1.53 bits per heavy atom. The van der Waals surface area contributed by atoms with Gasteiger partial charge in [0.15, 0.2) is 4.34 Å². The van der Waals surface area contributed by atoms with Gasteiger partial charge in [-0.15, -0.1) is 10.2 Å². The average Bonchev–Trinajstić information content (AvgIpc) is 2.77. The highest BCUT2D eigenvalue weighted by Crippen LogP contribution is 2.25. The van der Waals surface area contributed by atoms with E-state index < -0.39 is 0 Å². The van der Waals surface area contributed by atoms with Gasteiger partial charge in [0.2, 0.25) is 11.0 Å². The molecule has 1 heterocycles. The SMILES string of the molecule is Cc1ccc(Cl)c(NC(=O)CSc2nnc(N)s2)c1. The van der Waals surface area contributed by atoms with Crippen LogP contribution in [-0.2, 0) is 4.79 Å². The molecule has 0 saturated heterocycles. The molecule has 1 amide bonds. The summed E-state index contributed by atoms with van der Waals surface area (Å²) in [6, 6.07) is 5.47. The third-order valence-electron chi connectivity index (χ3n) is 2.14. The zero-order chi connectivity index (χ0) is 13.8. The summed E-state index contributed by atoms with van der Waals surface area (Å²) in [5, 5.41) is 11.2. The summed E-state index contributed by atoms with van der Waals surface area (Å²) in [6.45, 7) is 1.94. The molecule has 0 aliphatic heterocycles. The smallest absolute Gasteiger partial charge is 0.234 e. The van der Waals surface area contributed by atoms with Gasteiger partial charge in [-0.05, 0) is 24.6 Å². The lowest BCUT2D eigenvalue weighted by Gasteiger charge is -2.07. The third kappa shape index (κ3) is 4.09. The van der Waals surface area contributed by atoms with Crippen molar-refractivity contribution in [3.63, 3.8) is 0 Å². The van der Waals surface area contributed by atoms with Gasteiger partial charge in [-0.25, -0.2) is 0 Å². The molecule has 0 atom stereocenters. The minimum absolute atomic E-state index is 0.147. The number of amides is 1. The van der Waals surface area contributed by atoms with E-state index in [0.29, 0.717) is 20.2 Å². The van der Waals surface area contributed by atoms with Gasteiger partial charge in [0.1, 0.15) is 0 Å². The maximum atomic E-state index is 11.8. The molecule has 1 aromatic heterocycles. The van der Waals surface area contributed by atoms with Crippen LogP contribution < -0.4 is 11.1 Å². The summed E-state index contributed by atoms with van der Waals surface area (Å²) in [6.07, 6.45) is 0. The van der Waals surface area contributed by atoms with Gasteiger partial charge < -0.3 is 11.1 Å². The molecule has 0 radical (unpaired) electrons. The molecule has 2 rings (SSSR count). The summed E-state index contributed by atoms with van der Waals surface area (Å²) in [7, 11) is 0. The second kappa shape index (κ2) is 6.23. The standard InChI is InChI=1S/C11H11ClN4OS2/c1-6-2-3-7(12)8(4-6)14-9(17)5-18-11-16-15-10(13)19-11/h2-4H,5H2,1H3,(H2,13,15)(H,14,17). The average molecular weight is 315 g/mol. The molecule has 5 nitrogen and oxygen atoms in total. The van der Waals surface area contributed by atoms with Gasteiger partial charge in [-0.3, -0.25) is 4.79 Å². The number of nitrogen functional groups attached to an aromatic ring is 1. The van der Waals surface area contributed by atoms with E-state index in [1.165, 1.54) is 23.1 Å². The van der Waals surface area contributed by atoms with Crippen molar-refractivity contribution in [1.82, 2.24) is 10.2 Å². The van der Waals surface area contributed by atoms with E-state index >= 15 is 0 Å². The Morgan fingerprint density at radius 3 is 3.00 bits per heavy atom. The van der Waals surface area contributed by atoms with Crippen molar-refractivity contribution >= 4 is 51.4 Å². The van der Waals surface area contributed by atoms with Crippen molar-refractivity contribution in [2.75, 3.05) is 16.8 Å². The summed E-state index contributed by atoms with van der Waals surface area (Å²) in [5.41, 5.74) is 7.11. The monoisotopic (exact) mass is 314 g/mol. The summed E-state index contributed by atoms with van der Waals surface area (Å²) in [4.78, 5) is 11.8. The van der Waals surface area contributed by atoms with Crippen LogP contribution in [0.25, 0.3) is 0 Å². The van der Waals surface area contributed by atoms with Gasteiger partial charge in [0.05, 0.1) is 16.5 Å². The van der Waals surface area contributed by atoms with Crippen molar-refractivity contribution in [3.8, 4) is 0 Å². The third-order valence-corrected chi connectivity index (χ3v) is 4.36. The van der Waals surface area contributed by atoms with E-state index in [4.69, 9.17) is 17.3 Å². The van der Waals surface area contributed by atoms with Gasteiger partial charge in [0, 0.05) is 0 Å². The lowest BCUT2D eigenvalue weighted by Crippen LogP contribution is -2.14. The van der Waals surface area contributed by atoms with Crippen molar-refractivity contribution < 1.29 is 4.79 Å². The Bertz CT molecular complexity index is 602. The van der Waals surface area contributed by atoms with E-state index in [1.54, 1.807) is 6.07 Å². The zero-order valence-corrected chi connectivity index (χ0v) is 12.4. The van der Waals surface area contributed by atoms with Gasteiger partial charge in [-0.1, -0.05) is 40.8 Å². The number of hydrogen-bond donors (Lipinski definition) is 2. The number of rotatable bonds is 4. The first kappa shape index (κ1) is 14.1. The van der Waals surface area contributed by atoms with E-state index in [2.05, 4.69) is 15.5 Å². The van der Waals surface area contributed by atoms with Crippen LogP contribution in [0.5, 0.6) is 0 Å². The highest BCUT2D eigenvalue weighted by atomic mass is 35.5. The number of nitrogens with two attached hydrogens (primary N) is 1. The van der Waals surface area contributed by atoms with Crippen molar-refractivity contribution in [1.29, 1.82) is 0 Å². The fourth-order valence-corrected chi connectivity index (χ4v) is 2.93. The minimum atomic E-state index is -0.147. The number of nitrogens with zero attached hydrogens (tertiary/aromatic N) is 2. The second-order valence-corrected chi connectivity index (χ2v) is 6.37. The maximum Gasteiger partial charge on any atom is 0.234 e. The predicted molar refractivity (Wildman–Crippen MR) is 79.9 cm³/mol. The van der Waals surface area contributed by atoms with Crippen LogP contribution in [0, 0.1) is 6.92 Å². The number of benzene rings is 1. The molecule has 100 valence electrons. The van der Waals surface area contributed by atoms with Crippen LogP contribution in [-0.4, -0.2) is 21.9 Å². The Kier molecular flexibility index (Phi) is 4.62. The molecule has 0 aliphatic carbocycles. The lowest BCUT2D eigenvalue weighted by atomic mass is 10.2. The van der Waals surface area contributed by atoms with Crippen LogP contribution in [0.15, 0.2) is 22.5 Å². The van der Waals surface area contributed by atoms with Crippen LogP contribution in [0.4, 0.5) is 10.8 Å². The number of anilines is 2. The predicted octanol–water partition coefficient (Wildman–Crippen LogP) is 2.81. The van der Waals surface area contributed by atoms with Crippen molar-refractivity contribution in [3.05, 3.63) is 28.8 Å². The van der Waals surface area contributed by atoms with E-state index in [9.17, 15) is 4.79 Å². The molecule has 0 saturated carbocycles. The molecule has 3 N–H and O–H groups in total. The van der Waals surface area contributed by atoms with Crippen molar-refractivity contribution in [2.24, 2.45) is 0 Å². The number of nitrogens with one attached hydrogen (secondary N) is 1. The van der Waals surface area contributed by atoms with Gasteiger partial charge >= 0.3 is 0 Å². The summed E-state index contributed by atoms with van der Waals surface area (Å²) < 4.78 is 0.669. The number of aromatic nitrogens is 2. The molecular formula is C11H11ClN4OS2. The van der Waals surface area contributed by atoms with Gasteiger partial charge in [-0.2, -0.15) is 0 Å². The van der Waals surface area contributed by atoms with E-state index in [1.807, 2.05) is 19.1 Å². The second-order valence-electron chi connectivity index (χ2n) is 3.73. The topological polar surface area (TPSA) is 80.9 Å². The Balaban J connectivity index is 1.92. The van der Waals surface area contributed by atoms with E-state index in [0.717, 1.165) is 5.56 Å². The van der Waals surface area contributed by atoms with Crippen LogP contribution >= 0.6 is 34.7 Å². The minimum Gasteiger partial charge on any atom is -0.374 e. The summed E-state index contributed by atoms with van der Waals surface area (Å²) >= 11 is 8.54. The molecule has 0 aliphatic rings. The highest BCUT2D eigenvalue weighted by Gasteiger charge is 2.09. The number of hydrogen-bond acceptors (Lipinski definition) is 6. The Labute approximate surface area is 123 Å². The molecule has 1 aromatic carbocycles. The van der Waals surface area contributed by atoms with Crippen LogP contribution in [0.1, 0.15) is 5.56 Å². The molecule has 0 spiro atoms.